The summed E-state index contributed by atoms with van der Waals surface area (Å²) in [5, 5.41) is 9.19. The first-order valence-electron chi connectivity index (χ1n) is 8.88. The highest BCUT2D eigenvalue weighted by Crippen LogP contribution is 2.43. The van der Waals surface area contributed by atoms with E-state index in [9.17, 15) is 14.7 Å². The van der Waals surface area contributed by atoms with E-state index in [4.69, 9.17) is 4.74 Å². The molecule has 0 fully saturated rings. The number of nitrogens with zero attached hydrogens (tertiary/aromatic N) is 2. The third kappa shape index (κ3) is 2.69. The number of aromatic nitrogens is 2. The van der Waals surface area contributed by atoms with Crippen LogP contribution in [0.15, 0.2) is 11.6 Å². The van der Waals surface area contributed by atoms with Crippen LogP contribution in [0, 0.1) is 6.92 Å². The molecule has 138 valence electrons. The lowest BCUT2D eigenvalue weighted by atomic mass is 9.99. The lowest BCUT2D eigenvalue weighted by Gasteiger charge is -2.22. The van der Waals surface area contributed by atoms with E-state index in [1.54, 1.807) is 6.92 Å². The predicted molar refractivity (Wildman–Crippen MR) is 98.5 cm³/mol. The van der Waals surface area contributed by atoms with Crippen molar-refractivity contribution in [2.45, 2.75) is 53.5 Å². The Balaban J connectivity index is 2.27. The highest BCUT2D eigenvalue weighted by molar-refractivity contribution is 5.94. The number of carbonyl (C=O) groups is 2. The van der Waals surface area contributed by atoms with Gasteiger partial charge in [0, 0.05) is 17.0 Å². The van der Waals surface area contributed by atoms with Crippen molar-refractivity contribution in [1.82, 2.24) is 9.55 Å². The highest BCUT2D eigenvalue weighted by Gasteiger charge is 2.31. The molecule has 3 aliphatic rings. The maximum Gasteiger partial charge on any atom is 0.357 e. The second-order valence-electron chi connectivity index (χ2n) is 6.79. The van der Waals surface area contributed by atoms with Gasteiger partial charge in [-0.2, -0.15) is 0 Å². The van der Waals surface area contributed by atoms with Gasteiger partial charge in [-0.15, -0.1) is 0 Å². The molecule has 0 amide bonds. The van der Waals surface area contributed by atoms with Gasteiger partial charge in [-0.1, -0.05) is 0 Å². The van der Waals surface area contributed by atoms with Crippen LogP contribution in [0.3, 0.4) is 0 Å². The first-order valence-corrected chi connectivity index (χ1v) is 8.88. The van der Waals surface area contributed by atoms with Gasteiger partial charge in [0.25, 0.3) is 0 Å². The van der Waals surface area contributed by atoms with E-state index in [0.717, 1.165) is 28.2 Å². The number of rotatable bonds is 5. The minimum atomic E-state index is -0.841. The predicted octanol–water partition coefficient (Wildman–Crippen LogP) is 3.86. The molecule has 26 heavy (non-hydrogen) atoms. The molecular weight excluding hydrogens is 332 g/mol. The van der Waals surface area contributed by atoms with Gasteiger partial charge in [0.15, 0.2) is 5.69 Å². The van der Waals surface area contributed by atoms with Crippen molar-refractivity contribution in [3.63, 3.8) is 0 Å². The number of allylic oxidation sites excluding steroid dienone is 2. The lowest BCUT2D eigenvalue weighted by Crippen LogP contribution is -2.14. The zero-order valence-electron chi connectivity index (χ0n) is 15.8. The van der Waals surface area contributed by atoms with Gasteiger partial charge in [-0.25, -0.2) is 9.78 Å². The molecule has 1 N–H and O–H groups in total. The summed E-state index contributed by atoms with van der Waals surface area (Å²) >= 11 is 0. The summed E-state index contributed by atoms with van der Waals surface area (Å²) in [5.41, 5.74) is 7.05. The quantitative estimate of drug-likeness (QED) is 0.823. The van der Waals surface area contributed by atoms with E-state index >= 15 is 0 Å². The van der Waals surface area contributed by atoms with Gasteiger partial charge in [0.05, 0.1) is 24.8 Å². The van der Waals surface area contributed by atoms with Crippen LogP contribution in [-0.2, 0) is 16.0 Å². The molecule has 0 bridgehead atoms. The number of carboxylic acid groups (broad SMARTS) is 1. The van der Waals surface area contributed by atoms with E-state index < -0.39 is 11.9 Å². The zero-order valence-corrected chi connectivity index (χ0v) is 15.8. The van der Waals surface area contributed by atoms with E-state index in [1.165, 1.54) is 11.1 Å². The molecule has 0 radical (unpaired) electrons. The average Bonchev–Trinajstić information content (AvgIpc) is 3.03. The standard InChI is InChI=1S/C20H24N2O4/c1-6-26-20(25)19-12(4)18-14(21-19)9-16-11(3)10(2)13(5)22(16)15(18)7-8-17(23)24/h9,13H,6-8H2,1-5H3,(H,23,24). The van der Waals surface area contributed by atoms with Crippen LogP contribution in [0.1, 0.15) is 67.6 Å². The molecule has 3 heterocycles. The monoisotopic (exact) mass is 356 g/mol. The molecule has 0 spiro atoms. The maximum absolute atomic E-state index is 12.3. The summed E-state index contributed by atoms with van der Waals surface area (Å²) in [6.07, 6.45) is 0.419. The van der Waals surface area contributed by atoms with Crippen molar-refractivity contribution < 1.29 is 19.4 Å². The fraction of sp³-hybridized carbons (Fsp3) is 0.450. The van der Waals surface area contributed by atoms with E-state index in [2.05, 4.69) is 30.3 Å². The average molecular weight is 356 g/mol. The zero-order chi connectivity index (χ0) is 19.2. The van der Waals surface area contributed by atoms with E-state index in [1.807, 2.05) is 13.0 Å². The van der Waals surface area contributed by atoms with Gasteiger partial charge in [-0.05, 0) is 63.8 Å². The Hall–Kier alpha value is -2.63. The summed E-state index contributed by atoms with van der Waals surface area (Å²) in [6, 6.07) is 2.15. The highest BCUT2D eigenvalue weighted by atomic mass is 16.5. The van der Waals surface area contributed by atoms with E-state index in [0.29, 0.717) is 12.1 Å². The molecule has 6 heteroatoms. The van der Waals surface area contributed by atoms with Gasteiger partial charge >= 0.3 is 11.9 Å². The number of pyridine rings is 1. The largest absolute Gasteiger partial charge is 0.481 e. The Labute approximate surface area is 152 Å². The van der Waals surface area contributed by atoms with Gasteiger partial charge in [0.2, 0.25) is 0 Å². The van der Waals surface area contributed by atoms with Crippen molar-refractivity contribution in [1.29, 1.82) is 0 Å². The number of carboxylic acids is 1. The van der Waals surface area contributed by atoms with Crippen LogP contribution in [-0.4, -0.2) is 33.2 Å². The Morgan fingerprint density at radius 3 is 2.62 bits per heavy atom. The Bertz CT molecular complexity index is 907. The normalized spacial score (nSPS) is 16.3. The summed E-state index contributed by atoms with van der Waals surface area (Å²) in [5.74, 6) is -1.28. The summed E-state index contributed by atoms with van der Waals surface area (Å²) in [7, 11) is 0. The molecule has 1 atom stereocenters. The third-order valence-electron chi connectivity index (χ3n) is 5.37. The molecule has 3 rings (SSSR count). The van der Waals surface area contributed by atoms with Crippen molar-refractivity contribution in [2.24, 2.45) is 0 Å². The number of aliphatic carboxylic acids is 1. The molecule has 0 aliphatic carbocycles. The minimum Gasteiger partial charge on any atom is -0.481 e. The van der Waals surface area contributed by atoms with Crippen molar-refractivity contribution in [2.75, 3.05) is 6.61 Å². The maximum atomic E-state index is 12.3. The molecule has 1 unspecified atom stereocenters. The van der Waals surface area contributed by atoms with Crippen LogP contribution in [0.25, 0.3) is 16.8 Å². The second kappa shape index (κ2) is 6.59. The molecule has 0 aromatic heterocycles. The molecule has 0 aromatic carbocycles. The number of esters is 1. The molecule has 0 aromatic rings. The summed E-state index contributed by atoms with van der Waals surface area (Å²) < 4.78 is 7.32. The fourth-order valence-corrected chi connectivity index (χ4v) is 3.81. The summed E-state index contributed by atoms with van der Waals surface area (Å²) in [4.78, 5) is 28.0. The number of ether oxygens (including phenoxy) is 1. The number of fused-ring (bicyclic) bond motifs is 2. The molecule has 0 saturated carbocycles. The number of carbonyl (C=O) groups excluding carboxylic acids is 1. The second-order valence-corrected chi connectivity index (χ2v) is 6.79. The first kappa shape index (κ1) is 18.2. The van der Waals surface area contributed by atoms with Crippen LogP contribution in [0.5, 0.6) is 0 Å². The number of hydrogen-bond acceptors (Lipinski definition) is 4. The number of hydrogen-bond donors (Lipinski definition) is 1. The molecular formula is C20H24N2O4. The van der Waals surface area contributed by atoms with Crippen molar-refractivity contribution >= 4 is 17.5 Å². The van der Waals surface area contributed by atoms with Crippen LogP contribution >= 0.6 is 0 Å². The Morgan fingerprint density at radius 2 is 2.00 bits per heavy atom. The minimum absolute atomic E-state index is 0.0305. The van der Waals surface area contributed by atoms with Crippen LogP contribution in [0.4, 0.5) is 0 Å². The first-order chi connectivity index (χ1) is 12.3. The lowest BCUT2D eigenvalue weighted by molar-refractivity contribution is -0.137. The topological polar surface area (TPSA) is 81.4 Å². The molecule has 0 saturated heterocycles. The third-order valence-corrected chi connectivity index (χ3v) is 5.37. The SMILES string of the molecule is CCOC(=O)c1nc2cc3n(c(CCC(=O)O)c-2c1C)C(C)C(C)=C3C. The van der Waals surface area contributed by atoms with Gasteiger partial charge < -0.3 is 14.4 Å². The van der Waals surface area contributed by atoms with Crippen LogP contribution < -0.4 is 0 Å². The van der Waals surface area contributed by atoms with Gasteiger partial charge in [-0.3, -0.25) is 4.79 Å². The molecule has 6 nitrogen and oxygen atoms in total. The van der Waals surface area contributed by atoms with Crippen molar-refractivity contribution in [3.05, 3.63) is 34.3 Å². The van der Waals surface area contributed by atoms with Crippen LogP contribution in [0.2, 0.25) is 0 Å². The van der Waals surface area contributed by atoms with E-state index in [-0.39, 0.29) is 19.1 Å². The smallest absolute Gasteiger partial charge is 0.357 e. The Morgan fingerprint density at radius 1 is 1.31 bits per heavy atom. The summed E-state index contributed by atoms with van der Waals surface area (Å²) in [6.45, 7) is 10.2. The van der Waals surface area contributed by atoms with Crippen molar-refractivity contribution in [3.8, 4) is 11.3 Å². The Kier molecular flexibility index (Phi) is 4.61. The fourth-order valence-electron chi connectivity index (χ4n) is 3.81. The van der Waals surface area contributed by atoms with Gasteiger partial charge in [0.1, 0.15) is 0 Å². The molecule has 3 aliphatic heterocycles.